The molecule has 0 aromatic heterocycles. The number of benzene rings is 3. The van der Waals surface area contributed by atoms with Crippen LogP contribution in [-0.2, 0) is 4.79 Å². The van der Waals surface area contributed by atoms with E-state index in [9.17, 15) is 18.0 Å². The summed E-state index contributed by atoms with van der Waals surface area (Å²) in [7, 11) is 0. The molecule has 0 atom stereocenters. The highest BCUT2D eigenvalue weighted by molar-refractivity contribution is 6.07. The van der Waals surface area contributed by atoms with Crippen LogP contribution in [0.5, 0.6) is 5.75 Å². The van der Waals surface area contributed by atoms with Gasteiger partial charge in [0.2, 0.25) is 0 Å². The number of hydrogen-bond donors (Lipinski definition) is 1. The number of carbonyl (C=O) groups is 2. The summed E-state index contributed by atoms with van der Waals surface area (Å²) in [5.74, 6) is -1.69. The lowest BCUT2D eigenvalue weighted by molar-refractivity contribution is -0.192. The number of anilines is 1. The molecule has 220 valence electrons. The second-order valence-corrected chi connectivity index (χ2v) is 10.2. The Morgan fingerprint density at radius 2 is 1.44 bits per heavy atom. The lowest BCUT2D eigenvalue weighted by Gasteiger charge is -2.36. The van der Waals surface area contributed by atoms with E-state index in [0.29, 0.717) is 0 Å². The number of fused-ring (bicyclic) bond motifs is 1. The van der Waals surface area contributed by atoms with E-state index >= 15 is 0 Å². The molecule has 1 amide bonds. The van der Waals surface area contributed by atoms with E-state index in [2.05, 4.69) is 46.2 Å². The Balaban J connectivity index is 0.000000493. The number of aliphatic carboxylic acids is 1. The zero-order valence-electron chi connectivity index (χ0n) is 23.0. The molecular weight excluding hydrogens is 535 g/mol. The zero-order valence-corrected chi connectivity index (χ0v) is 23.0. The number of hydrogen-bond acceptors (Lipinski definition) is 5. The van der Waals surface area contributed by atoms with Crippen LogP contribution in [0.1, 0.15) is 36.0 Å². The molecule has 0 bridgehead atoms. The summed E-state index contributed by atoms with van der Waals surface area (Å²) in [6, 6.07) is 22.5. The molecule has 0 radical (unpaired) electrons. The van der Waals surface area contributed by atoms with E-state index in [1.807, 2.05) is 35.2 Å². The number of amides is 1. The van der Waals surface area contributed by atoms with Crippen molar-refractivity contribution in [3.63, 3.8) is 0 Å². The maximum atomic E-state index is 13.2. The van der Waals surface area contributed by atoms with E-state index in [0.717, 1.165) is 67.8 Å². The van der Waals surface area contributed by atoms with Gasteiger partial charge in [0.1, 0.15) is 5.75 Å². The molecule has 2 fully saturated rings. The van der Waals surface area contributed by atoms with E-state index in [-0.39, 0.29) is 5.91 Å². The molecular formula is C31H36F3N3O4. The fraction of sp³-hybridized carbons (Fsp3) is 0.419. The molecule has 0 spiro atoms. The largest absolute Gasteiger partial charge is 0.494 e. The Labute approximate surface area is 238 Å². The minimum absolute atomic E-state index is 0.129. The Hall–Kier alpha value is -3.79. The van der Waals surface area contributed by atoms with Crippen LogP contribution in [0.2, 0.25) is 0 Å². The molecule has 2 saturated heterocycles. The average Bonchev–Trinajstić information content (AvgIpc) is 2.99. The topological polar surface area (TPSA) is 73.3 Å². The van der Waals surface area contributed by atoms with E-state index in [1.54, 1.807) is 0 Å². The van der Waals surface area contributed by atoms with Crippen LogP contribution in [0.25, 0.3) is 10.8 Å². The van der Waals surface area contributed by atoms with Crippen molar-refractivity contribution in [3.05, 3.63) is 72.3 Å². The number of ether oxygens (including phenoxy) is 1. The maximum absolute atomic E-state index is 13.2. The number of piperidine rings is 1. The van der Waals surface area contributed by atoms with Crippen LogP contribution in [0.4, 0.5) is 18.9 Å². The summed E-state index contributed by atoms with van der Waals surface area (Å²) in [5, 5.41) is 9.27. The van der Waals surface area contributed by atoms with Gasteiger partial charge in [-0.15, -0.1) is 0 Å². The number of halogens is 3. The van der Waals surface area contributed by atoms with Gasteiger partial charge in [-0.25, -0.2) is 4.79 Å². The number of carbonyl (C=O) groups excluding carboxylic acids is 1. The first kappa shape index (κ1) is 30.2. The van der Waals surface area contributed by atoms with Crippen molar-refractivity contribution in [1.82, 2.24) is 9.80 Å². The summed E-state index contributed by atoms with van der Waals surface area (Å²) in [5.41, 5.74) is 1.99. The third-order valence-corrected chi connectivity index (χ3v) is 7.37. The number of rotatable bonds is 7. The van der Waals surface area contributed by atoms with Gasteiger partial charge < -0.3 is 24.5 Å². The van der Waals surface area contributed by atoms with Crippen LogP contribution >= 0.6 is 0 Å². The van der Waals surface area contributed by atoms with Gasteiger partial charge in [-0.1, -0.05) is 42.8 Å². The van der Waals surface area contributed by atoms with Crippen molar-refractivity contribution in [3.8, 4) is 5.75 Å². The number of carboxylic acids is 1. The number of carboxylic acid groups (broad SMARTS) is 1. The molecule has 3 aromatic rings. The highest BCUT2D eigenvalue weighted by Gasteiger charge is 2.38. The molecule has 3 aromatic carbocycles. The molecule has 2 aliphatic rings. The fourth-order valence-electron chi connectivity index (χ4n) is 5.16. The third kappa shape index (κ3) is 8.60. The van der Waals surface area contributed by atoms with Crippen LogP contribution in [0.15, 0.2) is 66.7 Å². The van der Waals surface area contributed by atoms with Crippen molar-refractivity contribution in [2.45, 2.75) is 31.9 Å². The van der Waals surface area contributed by atoms with Gasteiger partial charge in [-0.3, -0.25) is 4.79 Å². The van der Waals surface area contributed by atoms with Gasteiger partial charge in [-0.05, 0) is 73.5 Å². The van der Waals surface area contributed by atoms with Crippen LogP contribution < -0.4 is 9.64 Å². The van der Waals surface area contributed by atoms with Crippen LogP contribution in [0, 0.1) is 0 Å². The van der Waals surface area contributed by atoms with Gasteiger partial charge in [0.15, 0.2) is 0 Å². The van der Waals surface area contributed by atoms with Crippen LogP contribution in [0.3, 0.4) is 0 Å². The molecule has 10 heteroatoms. The number of nitrogens with zero attached hydrogens (tertiary/aromatic N) is 3. The zero-order chi connectivity index (χ0) is 29.2. The Morgan fingerprint density at radius 1 is 0.805 bits per heavy atom. The van der Waals surface area contributed by atoms with Crippen molar-refractivity contribution >= 4 is 28.3 Å². The van der Waals surface area contributed by atoms with Crippen molar-refractivity contribution < 1.29 is 32.6 Å². The van der Waals surface area contributed by atoms with Crippen molar-refractivity contribution in [2.24, 2.45) is 0 Å². The predicted octanol–water partition coefficient (Wildman–Crippen LogP) is 5.69. The molecule has 0 saturated carbocycles. The van der Waals surface area contributed by atoms with Gasteiger partial charge in [-0.2, -0.15) is 13.2 Å². The fourth-order valence-corrected chi connectivity index (χ4v) is 5.16. The second kappa shape index (κ2) is 14.2. The molecule has 0 unspecified atom stereocenters. The SMILES string of the molecule is O=C(O)C(F)(F)F.O=C(c1cccc2ccccc12)N1CCN(c2ccc(OCCCN3CCCCC3)cc2)CC1. The summed E-state index contributed by atoms with van der Waals surface area (Å²) < 4.78 is 37.7. The first-order valence-electron chi connectivity index (χ1n) is 14.0. The number of alkyl halides is 3. The Kier molecular flexibility index (Phi) is 10.5. The van der Waals surface area contributed by atoms with Crippen molar-refractivity contribution in [2.75, 3.05) is 57.3 Å². The first-order chi connectivity index (χ1) is 19.7. The van der Waals surface area contributed by atoms with Gasteiger partial charge in [0.25, 0.3) is 5.91 Å². The molecule has 2 heterocycles. The molecule has 5 rings (SSSR count). The molecule has 41 heavy (non-hydrogen) atoms. The van der Waals surface area contributed by atoms with Crippen molar-refractivity contribution in [1.29, 1.82) is 0 Å². The van der Waals surface area contributed by atoms with Gasteiger partial charge in [0, 0.05) is 44.0 Å². The standard InChI is InChI=1S/C29H35N3O2.C2HF3O2/c33-29(28-11-6-9-24-8-2-3-10-27(24)28)32-21-19-31(20-22-32)25-12-14-26(15-13-25)34-23-7-18-30-16-4-1-5-17-30;3-2(4,5)1(6)7/h2-3,6,8-15H,1,4-5,7,16-23H2;(H,6,7). The minimum Gasteiger partial charge on any atom is -0.494 e. The summed E-state index contributed by atoms with van der Waals surface area (Å²) in [6.45, 7) is 7.54. The third-order valence-electron chi connectivity index (χ3n) is 7.37. The maximum Gasteiger partial charge on any atom is 0.490 e. The molecule has 1 N–H and O–H groups in total. The highest BCUT2D eigenvalue weighted by atomic mass is 19.4. The van der Waals surface area contributed by atoms with E-state index < -0.39 is 12.1 Å². The smallest absolute Gasteiger partial charge is 0.490 e. The summed E-state index contributed by atoms with van der Waals surface area (Å²) in [6.07, 6.45) is 0.0607. The molecule has 0 aliphatic carbocycles. The Bertz CT molecular complexity index is 1280. The lowest BCUT2D eigenvalue weighted by Crippen LogP contribution is -2.48. The summed E-state index contributed by atoms with van der Waals surface area (Å²) >= 11 is 0. The minimum atomic E-state index is -5.08. The van der Waals surface area contributed by atoms with Gasteiger partial charge >= 0.3 is 12.1 Å². The lowest BCUT2D eigenvalue weighted by atomic mass is 10.0. The quantitative estimate of drug-likeness (QED) is 0.368. The first-order valence-corrected chi connectivity index (χ1v) is 14.0. The predicted molar refractivity (Wildman–Crippen MR) is 153 cm³/mol. The number of piperazine rings is 1. The molecule has 7 nitrogen and oxygen atoms in total. The van der Waals surface area contributed by atoms with E-state index in [1.165, 1.54) is 38.0 Å². The van der Waals surface area contributed by atoms with E-state index in [4.69, 9.17) is 14.6 Å². The van der Waals surface area contributed by atoms with Crippen LogP contribution in [-0.4, -0.2) is 85.4 Å². The summed E-state index contributed by atoms with van der Waals surface area (Å²) in [4.78, 5) is 29.0. The highest BCUT2D eigenvalue weighted by Crippen LogP contribution is 2.24. The second-order valence-electron chi connectivity index (χ2n) is 10.2. The average molecular weight is 572 g/mol. The van der Waals surface area contributed by atoms with Gasteiger partial charge in [0.05, 0.1) is 6.61 Å². The number of likely N-dealkylation sites (tertiary alicyclic amines) is 1. The monoisotopic (exact) mass is 571 g/mol. The normalized spacial score (nSPS) is 16.2. The Morgan fingerprint density at radius 3 is 2.10 bits per heavy atom. The molecule has 2 aliphatic heterocycles.